The average molecular weight is 205 g/mol. The highest BCUT2D eigenvalue weighted by Gasteiger charge is 2.31. The molecule has 0 amide bonds. The minimum Gasteiger partial charge on any atom is -0.373 e. The lowest BCUT2D eigenvalue weighted by molar-refractivity contribution is 0.518. The van der Waals surface area contributed by atoms with Gasteiger partial charge in [-0.15, -0.1) is 0 Å². The molecule has 3 nitrogen and oxygen atoms in total. The summed E-state index contributed by atoms with van der Waals surface area (Å²) in [5, 5.41) is 3.08. The third-order valence-electron chi connectivity index (χ3n) is 3.21. The molecule has 0 atom stereocenters. The van der Waals surface area contributed by atoms with E-state index < -0.39 is 0 Å². The number of pyridine rings is 1. The van der Waals surface area contributed by atoms with Crippen molar-refractivity contribution >= 4 is 11.5 Å². The van der Waals surface area contributed by atoms with Gasteiger partial charge in [0.15, 0.2) is 0 Å². The van der Waals surface area contributed by atoms with E-state index in [0.717, 1.165) is 12.4 Å². The van der Waals surface area contributed by atoms with Crippen LogP contribution < -0.4 is 10.2 Å². The Balaban J connectivity index is 2.29. The smallest absolute Gasteiger partial charge is 0.127 e. The van der Waals surface area contributed by atoms with E-state index in [1.54, 1.807) is 0 Å². The highest BCUT2D eigenvalue weighted by Crippen LogP contribution is 2.33. The van der Waals surface area contributed by atoms with Crippen LogP contribution in [0.3, 0.4) is 0 Å². The Morgan fingerprint density at radius 3 is 2.87 bits per heavy atom. The summed E-state index contributed by atoms with van der Waals surface area (Å²) in [5.74, 6) is 0.940. The van der Waals surface area contributed by atoms with Gasteiger partial charge < -0.3 is 10.2 Å². The standard InChI is InChI=1S/C12H19N3/c1-12(2)6-4-8-15(12)10-5-7-14-11(9-10)13-3/h5,7,9H,4,6,8H2,1-3H3,(H,13,14). The Morgan fingerprint density at radius 1 is 1.47 bits per heavy atom. The Labute approximate surface area is 91.5 Å². The first-order chi connectivity index (χ1) is 7.13. The molecule has 0 saturated carbocycles. The fraction of sp³-hybridized carbons (Fsp3) is 0.583. The minimum atomic E-state index is 0.284. The van der Waals surface area contributed by atoms with Gasteiger partial charge in [0.25, 0.3) is 0 Å². The van der Waals surface area contributed by atoms with Gasteiger partial charge in [-0.1, -0.05) is 0 Å². The average Bonchev–Trinajstić information content (AvgIpc) is 2.58. The molecule has 3 heteroatoms. The Hall–Kier alpha value is -1.25. The van der Waals surface area contributed by atoms with Crippen LogP contribution in [0.25, 0.3) is 0 Å². The van der Waals surface area contributed by atoms with Crippen molar-refractivity contribution in [3.63, 3.8) is 0 Å². The van der Waals surface area contributed by atoms with E-state index in [2.05, 4.69) is 41.2 Å². The van der Waals surface area contributed by atoms with Crippen LogP contribution in [-0.4, -0.2) is 24.1 Å². The summed E-state index contributed by atoms with van der Waals surface area (Å²) < 4.78 is 0. The lowest BCUT2D eigenvalue weighted by Crippen LogP contribution is -2.38. The monoisotopic (exact) mass is 205 g/mol. The molecule has 0 aromatic carbocycles. The van der Waals surface area contributed by atoms with Crippen molar-refractivity contribution in [1.82, 2.24) is 4.98 Å². The summed E-state index contributed by atoms with van der Waals surface area (Å²) in [4.78, 5) is 6.71. The second-order valence-corrected chi connectivity index (χ2v) is 4.72. The van der Waals surface area contributed by atoms with E-state index in [-0.39, 0.29) is 5.54 Å². The molecule has 1 aromatic rings. The molecule has 82 valence electrons. The second-order valence-electron chi connectivity index (χ2n) is 4.72. The molecule has 0 bridgehead atoms. The zero-order chi connectivity index (χ0) is 10.9. The topological polar surface area (TPSA) is 28.2 Å². The van der Waals surface area contributed by atoms with Crippen molar-refractivity contribution in [2.75, 3.05) is 23.8 Å². The summed E-state index contributed by atoms with van der Waals surface area (Å²) in [7, 11) is 1.90. The zero-order valence-corrected chi connectivity index (χ0v) is 9.75. The Bertz CT molecular complexity index is 346. The molecular formula is C12H19N3. The van der Waals surface area contributed by atoms with Crippen molar-refractivity contribution in [3.8, 4) is 0 Å². The molecule has 2 heterocycles. The SMILES string of the molecule is CNc1cc(N2CCCC2(C)C)ccn1. The van der Waals surface area contributed by atoms with Gasteiger partial charge in [-0.2, -0.15) is 0 Å². The highest BCUT2D eigenvalue weighted by molar-refractivity contribution is 5.55. The number of anilines is 2. The molecule has 1 aliphatic heterocycles. The van der Waals surface area contributed by atoms with Crippen LogP contribution in [0.2, 0.25) is 0 Å². The van der Waals surface area contributed by atoms with Crippen molar-refractivity contribution in [3.05, 3.63) is 18.3 Å². The van der Waals surface area contributed by atoms with Gasteiger partial charge in [0, 0.05) is 37.1 Å². The third-order valence-corrected chi connectivity index (χ3v) is 3.21. The lowest BCUT2D eigenvalue weighted by Gasteiger charge is -2.33. The van der Waals surface area contributed by atoms with Gasteiger partial charge in [-0.3, -0.25) is 0 Å². The molecule has 15 heavy (non-hydrogen) atoms. The molecule has 1 aliphatic rings. The van der Waals surface area contributed by atoms with Gasteiger partial charge in [0.1, 0.15) is 5.82 Å². The fourth-order valence-electron chi connectivity index (χ4n) is 2.31. The lowest BCUT2D eigenvalue weighted by atomic mass is 10.0. The first-order valence-corrected chi connectivity index (χ1v) is 5.55. The molecule has 0 spiro atoms. The number of hydrogen-bond acceptors (Lipinski definition) is 3. The maximum Gasteiger partial charge on any atom is 0.127 e. The maximum atomic E-state index is 4.24. The Morgan fingerprint density at radius 2 is 2.27 bits per heavy atom. The summed E-state index contributed by atoms with van der Waals surface area (Å²) in [6.07, 6.45) is 4.42. The number of aromatic nitrogens is 1. The highest BCUT2D eigenvalue weighted by atomic mass is 15.2. The molecule has 1 fully saturated rings. The number of nitrogens with one attached hydrogen (secondary N) is 1. The van der Waals surface area contributed by atoms with Crippen molar-refractivity contribution in [1.29, 1.82) is 0 Å². The van der Waals surface area contributed by atoms with Crippen molar-refractivity contribution in [2.45, 2.75) is 32.2 Å². The van der Waals surface area contributed by atoms with Gasteiger partial charge in [0.2, 0.25) is 0 Å². The Kier molecular flexibility index (Phi) is 2.55. The van der Waals surface area contributed by atoms with Crippen LogP contribution in [-0.2, 0) is 0 Å². The van der Waals surface area contributed by atoms with Crippen LogP contribution in [0.15, 0.2) is 18.3 Å². The molecule has 1 aromatic heterocycles. The summed E-state index contributed by atoms with van der Waals surface area (Å²) in [6.45, 7) is 5.76. The van der Waals surface area contributed by atoms with Crippen LogP contribution in [0.1, 0.15) is 26.7 Å². The number of hydrogen-bond donors (Lipinski definition) is 1. The van der Waals surface area contributed by atoms with Crippen molar-refractivity contribution in [2.24, 2.45) is 0 Å². The molecule has 1 N–H and O–H groups in total. The molecule has 0 unspecified atom stereocenters. The van der Waals surface area contributed by atoms with E-state index in [1.165, 1.54) is 18.5 Å². The predicted octanol–water partition coefficient (Wildman–Crippen LogP) is 2.50. The largest absolute Gasteiger partial charge is 0.373 e. The van der Waals surface area contributed by atoms with E-state index in [9.17, 15) is 0 Å². The summed E-state index contributed by atoms with van der Waals surface area (Å²) in [6, 6.07) is 4.21. The maximum absolute atomic E-state index is 4.24. The normalized spacial score (nSPS) is 19.3. The summed E-state index contributed by atoms with van der Waals surface area (Å²) >= 11 is 0. The molecule has 0 radical (unpaired) electrons. The molecular weight excluding hydrogens is 186 g/mol. The van der Waals surface area contributed by atoms with E-state index in [1.807, 2.05) is 13.2 Å². The predicted molar refractivity (Wildman–Crippen MR) is 64.4 cm³/mol. The summed E-state index contributed by atoms with van der Waals surface area (Å²) in [5.41, 5.74) is 1.56. The first kappa shape index (κ1) is 10.3. The van der Waals surface area contributed by atoms with E-state index in [4.69, 9.17) is 0 Å². The molecule has 2 rings (SSSR count). The number of nitrogens with zero attached hydrogens (tertiary/aromatic N) is 2. The van der Waals surface area contributed by atoms with Crippen molar-refractivity contribution < 1.29 is 0 Å². The quantitative estimate of drug-likeness (QED) is 0.804. The van der Waals surface area contributed by atoms with Crippen LogP contribution in [0, 0.1) is 0 Å². The van der Waals surface area contributed by atoms with Crippen LogP contribution >= 0.6 is 0 Å². The minimum absolute atomic E-state index is 0.284. The van der Waals surface area contributed by atoms with Crippen LogP contribution in [0.4, 0.5) is 11.5 Å². The fourth-order valence-corrected chi connectivity index (χ4v) is 2.31. The van der Waals surface area contributed by atoms with Crippen LogP contribution in [0.5, 0.6) is 0 Å². The first-order valence-electron chi connectivity index (χ1n) is 5.55. The third kappa shape index (κ3) is 1.91. The molecule has 1 saturated heterocycles. The van der Waals surface area contributed by atoms with Gasteiger partial charge in [-0.25, -0.2) is 4.98 Å². The molecule has 0 aliphatic carbocycles. The van der Waals surface area contributed by atoms with E-state index >= 15 is 0 Å². The van der Waals surface area contributed by atoms with E-state index in [0.29, 0.717) is 0 Å². The second kappa shape index (κ2) is 3.72. The van der Waals surface area contributed by atoms with Gasteiger partial charge >= 0.3 is 0 Å². The van der Waals surface area contributed by atoms with Gasteiger partial charge in [0.05, 0.1) is 0 Å². The zero-order valence-electron chi connectivity index (χ0n) is 9.75. The number of rotatable bonds is 2. The van der Waals surface area contributed by atoms with Gasteiger partial charge in [-0.05, 0) is 32.8 Å².